The molecule has 1 atom stereocenters. The van der Waals surface area contributed by atoms with Gasteiger partial charge in [0.2, 0.25) is 0 Å². The third kappa shape index (κ3) is 4.37. The summed E-state index contributed by atoms with van der Waals surface area (Å²) in [5, 5.41) is 13.0. The van der Waals surface area contributed by atoms with Crippen LogP contribution < -0.4 is 5.32 Å². The van der Waals surface area contributed by atoms with E-state index in [0.717, 1.165) is 28.7 Å². The van der Waals surface area contributed by atoms with Gasteiger partial charge >= 0.3 is 0 Å². The van der Waals surface area contributed by atoms with Crippen LogP contribution in [0.3, 0.4) is 0 Å². The van der Waals surface area contributed by atoms with Gasteiger partial charge in [-0.25, -0.2) is 4.98 Å². The average molecular weight is 235 g/mol. The van der Waals surface area contributed by atoms with Crippen LogP contribution >= 0.6 is 22.9 Å². The van der Waals surface area contributed by atoms with Crippen LogP contribution in [0.5, 0.6) is 0 Å². The number of nitrogens with zero attached hydrogens (tertiary/aromatic N) is 1. The molecule has 14 heavy (non-hydrogen) atoms. The monoisotopic (exact) mass is 234 g/mol. The molecule has 0 bridgehead atoms. The fourth-order valence-electron chi connectivity index (χ4n) is 1.13. The number of halogens is 1. The lowest BCUT2D eigenvalue weighted by Gasteiger charge is -2.11. The second-order valence-corrected chi connectivity index (χ2v) is 4.95. The standard InChI is InChI=1S/C9H15ClN2OS/c1-7(3-2-4-13)11-6-9-12-5-8(10)14-9/h5,7,11,13H,2-4,6H2,1H3. The summed E-state index contributed by atoms with van der Waals surface area (Å²) in [6.07, 6.45) is 3.49. The highest BCUT2D eigenvalue weighted by Crippen LogP contribution is 2.17. The van der Waals surface area contributed by atoms with E-state index in [2.05, 4.69) is 17.2 Å². The number of aromatic nitrogens is 1. The summed E-state index contributed by atoms with van der Waals surface area (Å²) in [5.41, 5.74) is 0. The van der Waals surface area contributed by atoms with Crippen LogP contribution in [0.4, 0.5) is 0 Å². The molecule has 0 amide bonds. The van der Waals surface area contributed by atoms with Crippen molar-refractivity contribution < 1.29 is 5.11 Å². The molecule has 5 heteroatoms. The number of hydrogen-bond donors (Lipinski definition) is 2. The van der Waals surface area contributed by atoms with E-state index < -0.39 is 0 Å². The van der Waals surface area contributed by atoms with Crippen LogP contribution in [-0.4, -0.2) is 22.7 Å². The molecular weight excluding hydrogens is 220 g/mol. The molecule has 0 spiro atoms. The minimum atomic E-state index is 0.259. The number of nitrogens with one attached hydrogen (secondary N) is 1. The second kappa shape index (κ2) is 6.35. The van der Waals surface area contributed by atoms with Gasteiger partial charge < -0.3 is 10.4 Å². The van der Waals surface area contributed by atoms with Gasteiger partial charge in [-0.3, -0.25) is 0 Å². The number of thiazole rings is 1. The number of hydrogen-bond acceptors (Lipinski definition) is 4. The highest BCUT2D eigenvalue weighted by atomic mass is 35.5. The lowest BCUT2D eigenvalue weighted by atomic mass is 10.2. The maximum atomic E-state index is 8.65. The molecule has 0 saturated heterocycles. The fourth-order valence-corrected chi connectivity index (χ4v) is 2.04. The van der Waals surface area contributed by atoms with Crippen molar-refractivity contribution in [1.29, 1.82) is 0 Å². The normalized spacial score (nSPS) is 13.1. The van der Waals surface area contributed by atoms with Gasteiger partial charge in [0.15, 0.2) is 0 Å². The molecular formula is C9H15ClN2OS. The Morgan fingerprint density at radius 3 is 3.07 bits per heavy atom. The van der Waals surface area contributed by atoms with E-state index in [9.17, 15) is 0 Å². The number of aliphatic hydroxyl groups is 1. The Morgan fingerprint density at radius 1 is 1.71 bits per heavy atom. The van der Waals surface area contributed by atoms with Crippen molar-refractivity contribution in [2.45, 2.75) is 32.4 Å². The van der Waals surface area contributed by atoms with Gasteiger partial charge in [-0.05, 0) is 19.8 Å². The Kier molecular flexibility index (Phi) is 5.40. The van der Waals surface area contributed by atoms with Gasteiger partial charge in [0, 0.05) is 19.2 Å². The Hall–Kier alpha value is -0.160. The molecule has 3 nitrogen and oxygen atoms in total. The molecule has 0 fully saturated rings. The Labute approximate surface area is 93.1 Å². The summed E-state index contributed by atoms with van der Waals surface area (Å²) in [6, 6.07) is 0.407. The van der Waals surface area contributed by atoms with Crippen LogP contribution in [0.25, 0.3) is 0 Å². The van der Waals surface area contributed by atoms with Crippen molar-refractivity contribution in [2.75, 3.05) is 6.61 Å². The molecule has 0 radical (unpaired) electrons. The van der Waals surface area contributed by atoms with Crippen molar-refractivity contribution in [3.8, 4) is 0 Å². The molecule has 1 aromatic rings. The van der Waals surface area contributed by atoms with E-state index in [1.54, 1.807) is 6.20 Å². The summed E-state index contributed by atoms with van der Waals surface area (Å²) < 4.78 is 0.727. The first-order chi connectivity index (χ1) is 6.72. The fraction of sp³-hybridized carbons (Fsp3) is 0.667. The van der Waals surface area contributed by atoms with Crippen LogP contribution in [0, 0.1) is 0 Å². The molecule has 0 aliphatic heterocycles. The van der Waals surface area contributed by atoms with E-state index in [1.807, 2.05) is 0 Å². The third-order valence-corrected chi connectivity index (χ3v) is 3.04. The first kappa shape index (κ1) is 11.9. The van der Waals surface area contributed by atoms with Crippen LogP contribution in [0.15, 0.2) is 6.20 Å². The lowest BCUT2D eigenvalue weighted by molar-refractivity contribution is 0.276. The van der Waals surface area contributed by atoms with Crippen molar-refractivity contribution >= 4 is 22.9 Å². The molecule has 1 unspecified atom stereocenters. The van der Waals surface area contributed by atoms with E-state index in [-0.39, 0.29) is 6.61 Å². The molecule has 1 rings (SSSR count). The van der Waals surface area contributed by atoms with Gasteiger partial charge in [-0.1, -0.05) is 11.6 Å². The van der Waals surface area contributed by atoms with E-state index in [0.29, 0.717) is 6.04 Å². The maximum absolute atomic E-state index is 8.65. The molecule has 2 N–H and O–H groups in total. The van der Waals surface area contributed by atoms with Crippen molar-refractivity contribution in [3.05, 3.63) is 15.5 Å². The zero-order valence-corrected chi connectivity index (χ0v) is 9.74. The third-order valence-electron chi connectivity index (χ3n) is 1.92. The predicted octanol–water partition coefficient (Wildman–Crippen LogP) is 2.05. The average Bonchev–Trinajstić information content (AvgIpc) is 2.58. The molecule has 0 saturated carbocycles. The summed E-state index contributed by atoms with van der Waals surface area (Å²) >= 11 is 7.25. The topological polar surface area (TPSA) is 45.1 Å². The highest BCUT2D eigenvalue weighted by Gasteiger charge is 2.03. The quantitative estimate of drug-likeness (QED) is 0.792. The molecule has 80 valence electrons. The minimum Gasteiger partial charge on any atom is -0.396 e. The van der Waals surface area contributed by atoms with Gasteiger partial charge in [-0.2, -0.15) is 0 Å². The van der Waals surface area contributed by atoms with E-state index in [1.165, 1.54) is 11.3 Å². The summed E-state index contributed by atoms with van der Waals surface area (Å²) in [7, 11) is 0. The summed E-state index contributed by atoms with van der Waals surface area (Å²) in [4.78, 5) is 4.14. The van der Waals surface area contributed by atoms with Crippen LogP contribution in [0.1, 0.15) is 24.8 Å². The zero-order chi connectivity index (χ0) is 10.4. The largest absolute Gasteiger partial charge is 0.396 e. The number of aliphatic hydroxyl groups excluding tert-OH is 1. The number of rotatable bonds is 6. The van der Waals surface area contributed by atoms with Gasteiger partial charge in [0.05, 0.1) is 6.20 Å². The Bertz CT molecular complexity index is 267. The van der Waals surface area contributed by atoms with Crippen LogP contribution in [-0.2, 0) is 6.54 Å². The molecule has 0 aromatic carbocycles. The second-order valence-electron chi connectivity index (χ2n) is 3.21. The molecule has 0 aliphatic carbocycles. The summed E-state index contributed by atoms with van der Waals surface area (Å²) in [6.45, 7) is 3.12. The molecule has 1 aromatic heterocycles. The van der Waals surface area contributed by atoms with E-state index in [4.69, 9.17) is 16.7 Å². The SMILES string of the molecule is CC(CCCO)NCc1ncc(Cl)s1. The van der Waals surface area contributed by atoms with Crippen molar-refractivity contribution in [3.63, 3.8) is 0 Å². The Morgan fingerprint density at radius 2 is 2.50 bits per heavy atom. The van der Waals surface area contributed by atoms with Crippen LogP contribution in [0.2, 0.25) is 4.34 Å². The maximum Gasteiger partial charge on any atom is 0.113 e. The molecule has 0 aliphatic rings. The smallest absolute Gasteiger partial charge is 0.113 e. The first-order valence-electron chi connectivity index (χ1n) is 4.67. The molecule has 1 heterocycles. The Balaban J connectivity index is 2.20. The van der Waals surface area contributed by atoms with Crippen molar-refractivity contribution in [1.82, 2.24) is 10.3 Å². The van der Waals surface area contributed by atoms with Crippen molar-refractivity contribution in [2.24, 2.45) is 0 Å². The summed E-state index contributed by atoms with van der Waals surface area (Å²) in [5.74, 6) is 0. The van der Waals surface area contributed by atoms with E-state index >= 15 is 0 Å². The van der Waals surface area contributed by atoms with Gasteiger partial charge in [0.1, 0.15) is 9.34 Å². The lowest BCUT2D eigenvalue weighted by Crippen LogP contribution is -2.25. The highest BCUT2D eigenvalue weighted by molar-refractivity contribution is 7.15. The van der Waals surface area contributed by atoms with Gasteiger partial charge in [-0.15, -0.1) is 11.3 Å². The minimum absolute atomic E-state index is 0.259. The first-order valence-corrected chi connectivity index (χ1v) is 5.86. The van der Waals surface area contributed by atoms with Gasteiger partial charge in [0.25, 0.3) is 0 Å². The predicted molar refractivity (Wildman–Crippen MR) is 59.7 cm³/mol. The zero-order valence-electron chi connectivity index (χ0n) is 8.16.